The molecule has 23 heavy (non-hydrogen) atoms. The third kappa shape index (κ3) is 6.61. The van der Waals surface area contributed by atoms with Crippen LogP contribution in [-0.2, 0) is 11.3 Å². The van der Waals surface area contributed by atoms with Gasteiger partial charge in [-0.25, -0.2) is 4.79 Å². The first-order valence-electron chi connectivity index (χ1n) is 8.15. The second-order valence-corrected chi connectivity index (χ2v) is 5.70. The maximum absolute atomic E-state index is 11.8. The Kier molecular flexibility index (Phi) is 7.26. The fourth-order valence-electron chi connectivity index (χ4n) is 2.58. The highest BCUT2D eigenvalue weighted by atomic mass is 16.6. The van der Waals surface area contributed by atoms with Gasteiger partial charge in [-0.05, 0) is 31.2 Å². The van der Waals surface area contributed by atoms with Gasteiger partial charge in [-0.1, -0.05) is 36.8 Å². The number of carbonyl (C=O) groups excluding carboxylic acids is 1. The molecule has 0 saturated heterocycles. The highest BCUT2D eigenvalue weighted by Crippen LogP contribution is 2.20. The van der Waals surface area contributed by atoms with Gasteiger partial charge in [0.1, 0.15) is 6.10 Å². The van der Waals surface area contributed by atoms with Gasteiger partial charge in [-0.3, -0.25) is 5.84 Å². The first-order chi connectivity index (χ1) is 11.3. The number of nitrogens with two attached hydrogens (primary N) is 1. The van der Waals surface area contributed by atoms with Crippen molar-refractivity contribution in [1.29, 1.82) is 0 Å². The molecule has 1 aromatic carbocycles. The van der Waals surface area contributed by atoms with E-state index in [-0.39, 0.29) is 12.2 Å². The molecule has 126 valence electrons. The monoisotopic (exact) mass is 318 g/mol. The minimum Gasteiger partial charge on any atom is -0.446 e. The molecule has 6 heteroatoms. The molecule has 1 aromatic rings. The SMILES string of the molecule is NN/C(=C\NCc1ccccc1)CNC(=O)OC1CCCCC1. The molecular formula is C17H26N4O2. The van der Waals surface area contributed by atoms with Crippen molar-refractivity contribution in [1.82, 2.24) is 16.1 Å². The van der Waals surface area contributed by atoms with E-state index in [2.05, 4.69) is 16.1 Å². The first-order valence-corrected chi connectivity index (χ1v) is 8.15. The van der Waals surface area contributed by atoms with Crippen molar-refractivity contribution in [3.63, 3.8) is 0 Å². The molecule has 2 rings (SSSR count). The van der Waals surface area contributed by atoms with Crippen molar-refractivity contribution in [2.45, 2.75) is 44.8 Å². The fraction of sp³-hybridized carbons (Fsp3) is 0.471. The number of hydrogen-bond acceptors (Lipinski definition) is 5. The van der Waals surface area contributed by atoms with Crippen LogP contribution in [0.1, 0.15) is 37.7 Å². The molecule has 5 N–H and O–H groups in total. The molecule has 0 bridgehead atoms. The number of hydrogen-bond donors (Lipinski definition) is 4. The van der Waals surface area contributed by atoms with Crippen LogP contribution in [0.25, 0.3) is 0 Å². The summed E-state index contributed by atoms with van der Waals surface area (Å²) in [6.45, 7) is 0.988. The molecular weight excluding hydrogens is 292 g/mol. The molecule has 0 aromatic heterocycles. The highest BCUT2D eigenvalue weighted by Gasteiger charge is 2.17. The van der Waals surface area contributed by atoms with Crippen LogP contribution >= 0.6 is 0 Å². The van der Waals surface area contributed by atoms with Crippen LogP contribution in [0, 0.1) is 0 Å². The maximum Gasteiger partial charge on any atom is 0.407 e. The number of nitrogens with one attached hydrogen (secondary N) is 3. The molecule has 1 aliphatic carbocycles. The summed E-state index contributed by atoms with van der Waals surface area (Å²) in [5.41, 5.74) is 4.43. The number of carbonyl (C=O) groups is 1. The lowest BCUT2D eigenvalue weighted by molar-refractivity contribution is 0.0758. The lowest BCUT2D eigenvalue weighted by Gasteiger charge is -2.22. The first kappa shape index (κ1) is 17.1. The van der Waals surface area contributed by atoms with E-state index in [1.165, 1.54) is 12.0 Å². The fourth-order valence-corrected chi connectivity index (χ4v) is 2.58. The predicted octanol–water partition coefficient (Wildman–Crippen LogP) is 2.14. The van der Waals surface area contributed by atoms with Gasteiger partial charge in [0.2, 0.25) is 0 Å². The van der Waals surface area contributed by atoms with Gasteiger partial charge in [0.25, 0.3) is 0 Å². The Bertz CT molecular complexity index is 499. The van der Waals surface area contributed by atoms with Crippen molar-refractivity contribution in [2.75, 3.05) is 6.54 Å². The summed E-state index contributed by atoms with van der Waals surface area (Å²) in [7, 11) is 0. The zero-order chi connectivity index (χ0) is 16.3. The zero-order valence-corrected chi connectivity index (χ0v) is 13.4. The summed E-state index contributed by atoms with van der Waals surface area (Å²) >= 11 is 0. The van der Waals surface area contributed by atoms with Crippen LogP contribution in [0.2, 0.25) is 0 Å². The minimum absolute atomic E-state index is 0.0539. The van der Waals surface area contributed by atoms with E-state index in [9.17, 15) is 4.79 Å². The van der Waals surface area contributed by atoms with E-state index >= 15 is 0 Å². The number of benzene rings is 1. The van der Waals surface area contributed by atoms with E-state index in [4.69, 9.17) is 10.6 Å². The Morgan fingerprint density at radius 1 is 1.22 bits per heavy atom. The van der Waals surface area contributed by atoms with Crippen LogP contribution in [0.5, 0.6) is 0 Å². The molecule has 0 aliphatic heterocycles. The van der Waals surface area contributed by atoms with Crippen LogP contribution in [0.4, 0.5) is 4.79 Å². The third-order valence-electron chi connectivity index (χ3n) is 3.86. The van der Waals surface area contributed by atoms with Crippen molar-refractivity contribution in [3.8, 4) is 0 Å². The molecule has 6 nitrogen and oxygen atoms in total. The molecule has 0 spiro atoms. The van der Waals surface area contributed by atoms with E-state index in [1.807, 2.05) is 30.3 Å². The van der Waals surface area contributed by atoms with Crippen LogP contribution in [-0.4, -0.2) is 18.7 Å². The van der Waals surface area contributed by atoms with Gasteiger partial charge in [-0.2, -0.15) is 0 Å². The van der Waals surface area contributed by atoms with E-state index in [0.717, 1.165) is 25.7 Å². The number of ether oxygens (including phenoxy) is 1. The average Bonchev–Trinajstić information content (AvgIpc) is 2.59. The summed E-state index contributed by atoms with van der Waals surface area (Å²) in [6, 6.07) is 10.0. The summed E-state index contributed by atoms with van der Waals surface area (Å²) < 4.78 is 5.39. The molecule has 1 amide bonds. The van der Waals surface area contributed by atoms with Crippen molar-refractivity contribution >= 4 is 6.09 Å². The van der Waals surface area contributed by atoms with Crippen LogP contribution in [0.15, 0.2) is 42.2 Å². The summed E-state index contributed by atoms with van der Waals surface area (Å²) in [5, 5.41) is 5.88. The second kappa shape index (κ2) is 9.74. The average molecular weight is 318 g/mol. The second-order valence-electron chi connectivity index (χ2n) is 5.70. The molecule has 0 heterocycles. The maximum atomic E-state index is 11.8. The van der Waals surface area contributed by atoms with Crippen LogP contribution < -0.4 is 21.9 Å². The third-order valence-corrected chi connectivity index (χ3v) is 3.86. The van der Waals surface area contributed by atoms with E-state index < -0.39 is 0 Å². The number of amides is 1. The Balaban J connectivity index is 1.68. The standard InChI is InChI=1S/C17H26N4O2/c18-21-15(12-19-11-14-7-3-1-4-8-14)13-20-17(22)23-16-9-5-2-6-10-16/h1,3-4,7-8,12,16,19,21H,2,5-6,9-11,13,18H2,(H,20,22)/b15-12-. The normalized spacial score (nSPS) is 15.8. The molecule has 1 fully saturated rings. The van der Waals surface area contributed by atoms with Crippen molar-refractivity contribution in [2.24, 2.45) is 5.84 Å². The predicted molar refractivity (Wildman–Crippen MR) is 90.0 cm³/mol. The van der Waals surface area contributed by atoms with Crippen molar-refractivity contribution < 1.29 is 9.53 Å². The van der Waals surface area contributed by atoms with Gasteiger partial charge in [0.15, 0.2) is 0 Å². The topological polar surface area (TPSA) is 88.4 Å². The largest absolute Gasteiger partial charge is 0.446 e. The minimum atomic E-state index is -0.388. The van der Waals surface area contributed by atoms with Gasteiger partial charge in [0.05, 0.1) is 12.2 Å². The molecule has 0 unspecified atom stereocenters. The summed E-state index contributed by atoms with van der Waals surface area (Å²) in [6.07, 6.45) is 6.85. The Hall–Kier alpha value is -2.21. The number of hydrazine groups is 1. The lowest BCUT2D eigenvalue weighted by Crippen LogP contribution is -2.36. The van der Waals surface area contributed by atoms with Gasteiger partial charge < -0.3 is 20.8 Å². The van der Waals surface area contributed by atoms with Crippen LogP contribution in [0.3, 0.4) is 0 Å². The quantitative estimate of drug-likeness (QED) is 0.457. The van der Waals surface area contributed by atoms with E-state index in [0.29, 0.717) is 18.8 Å². The number of alkyl carbamates (subject to hydrolysis) is 1. The Labute approximate surface area is 137 Å². The molecule has 1 aliphatic rings. The van der Waals surface area contributed by atoms with E-state index in [1.54, 1.807) is 6.20 Å². The van der Waals surface area contributed by atoms with Gasteiger partial charge in [0, 0.05) is 12.7 Å². The molecule has 0 radical (unpaired) electrons. The van der Waals surface area contributed by atoms with Crippen molar-refractivity contribution in [3.05, 3.63) is 47.8 Å². The zero-order valence-electron chi connectivity index (χ0n) is 13.4. The highest BCUT2D eigenvalue weighted by molar-refractivity contribution is 5.67. The lowest BCUT2D eigenvalue weighted by atomic mass is 9.98. The molecule has 1 saturated carbocycles. The smallest absolute Gasteiger partial charge is 0.407 e. The van der Waals surface area contributed by atoms with Gasteiger partial charge in [-0.15, -0.1) is 0 Å². The van der Waals surface area contributed by atoms with Gasteiger partial charge >= 0.3 is 6.09 Å². The Morgan fingerprint density at radius 3 is 2.65 bits per heavy atom. The molecule has 0 atom stereocenters. The summed E-state index contributed by atoms with van der Waals surface area (Å²) in [4.78, 5) is 11.8. The number of rotatable bonds is 7. The Morgan fingerprint density at radius 2 is 1.96 bits per heavy atom. The summed E-state index contributed by atoms with van der Waals surface area (Å²) in [5.74, 6) is 5.47.